The van der Waals surface area contributed by atoms with Crippen molar-refractivity contribution in [2.75, 3.05) is 5.32 Å². The maximum absolute atomic E-state index is 12.4. The fourth-order valence-electron chi connectivity index (χ4n) is 2.73. The van der Waals surface area contributed by atoms with Gasteiger partial charge in [0, 0.05) is 5.69 Å². The van der Waals surface area contributed by atoms with Crippen LogP contribution in [-0.4, -0.2) is 17.0 Å². The molecule has 160 valence electrons. The van der Waals surface area contributed by atoms with Crippen molar-refractivity contribution in [3.8, 4) is 11.8 Å². The molecule has 0 aromatic heterocycles. The van der Waals surface area contributed by atoms with Gasteiger partial charge in [0.1, 0.15) is 18.2 Å². The summed E-state index contributed by atoms with van der Waals surface area (Å²) in [5.41, 5.74) is 1.81. The van der Waals surface area contributed by atoms with Crippen LogP contribution in [0.1, 0.15) is 21.5 Å². The van der Waals surface area contributed by atoms with E-state index in [-0.39, 0.29) is 33.5 Å². The number of amides is 1. The molecule has 3 rings (SSSR count). The molecule has 0 spiro atoms. The minimum atomic E-state index is -1.01. The maximum Gasteiger partial charge on any atom is 0.335 e. The van der Waals surface area contributed by atoms with Crippen molar-refractivity contribution >= 4 is 46.8 Å². The number of nitriles is 1. The normalized spacial score (nSPS) is 10.8. The van der Waals surface area contributed by atoms with E-state index in [0.717, 1.165) is 5.56 Å². The Balaban J connectivity index is 1.74. The second-order valence-electron chi connectivity index (χ2n) is 6.59. The Bertz CT molecular complexity index is 1190. The van der Waals surface area contributed by atoms with E-state index in [2.05, 4.69) is 5.32 Å². The summed E-state index contributed by atoms with van der Waals surface area (Å²) in [6, 6.07) is 19.9. The molecule has 8 heteroatoms. The lowest BCUT2D eigenvalue weighted by atomic mass is 10.1. The van der Waals surface area contributed by atoms with Gasteiger partial charge in [-0.05, 0) is 53.6 Å². The largest absolute Gasteiger partial charge is 0.486 e. The van der Waals surface area contributed by atoms with Crippen LogP contribution in [0.5, 0.6) is 5.75 Å². The van der Waals surface area contributed by atoms with Crippen molar-refractivity contribution in [3.63, 3.8) is 0 Å². The van der Waals surface area contributed by atoms with Crippen molar-refractivity contribution in [1.82, 2.24) is 0 Å². The third kappa shape index (κ3) is 5.88. The fraction of sp³-hybridized carbons (Fsp3) is 0.0417. The fourth-order valence-corrected chi connectivity index (χ4v) is 3.35. The van der Waals surface area contributed by atoms with Crippen LogP contribution in [0.3, 0.4) is 0 Å². The van der Waals surface area contributed by atoms with Gasteiger partial charge in [0.2, 0.25) is 0 Å². The summed E-state index contributed by atoms with van der Waals surface area (Å²) >= 11 is 12.6. The summed E-state index contributed by atoms with van der Waals surface area (Å²) in [6.07, 6.45) is 1.38. The molecule has 0 bridgehead atoms. The Kier molecular flexibility index (Phi) is 7.50. The van der Waals surface area contributed by atoms with E-state index in [1.54, 1.807) is 36.4 Å². The van der Waals surface area contributed by atoms with Crippen LogP contribution in [0.4, 0.5) is 5.69 Å². The third-order valence-corrected chi connectivity index (χ3v) is 4.87. The maximum atomic E-state index is 12.4. The van der Waals surface area contributed by atoms with Crippen molar-refractivity contribution in [2.24, 2.45) is 0 Å². The number of carboxylic acid groups (broad SMARTS) is 1. The van der Waals surface area contributed by atoms with Crippen LogP contribution >= 0.6 is 23.2 Å². The quantitative estimate of drug-likeness (QED) is 0.337. The van der Waals surface area contributed by atoms with E-state index in [4.69, 9.17) is 33.0 Å². The molecule has 0 aliphatic heterocycles. The topological polar surface area (TPSA) is 99.4 Å². The summed E-state index contributed by atoms with van der Waals surface area (Å²) in [7, 11) is 0. The number of aromatic carboxylic acids is 1. The SMILES string of the molecule is N#C/C(=C/c1cc(Cl)c(OCc2ccc(C(=O)O)cc2)c(Cl)c1)C(=O)Nc1ccccc1. The van der Waals surface area contributed by atoms with Gasteiger partial charge in [-0.15, -0.1) is 0 Å². The number of nitrogens with zero attached hydrogens (tertiary/aromatic N) is 1. The zero-order valence-corrected chi connectivity index (χ0v) is 18.0. The Hall–Kier alpha value is -3.79. The number of carboxylic acids is 1. The van der Waals surface area contributed by atoms with Gasteiger partial charge in [-0.1, -0.05) is 53.5 Å². The van der Waals surface area contributed by atoms with Crippen LogP contribution < -0.4 is 10.1 Å². The summed E-state index contributed by atoms with van der Waals surface area (Å²) in [6.45, 7) is 0.122. The van der Waals surface area contributed by atoms with Crippen molar-refractivity contribution in [3.05, 3.63) is 99.0 Å². The van der Waals surface area contributed by atoms with Crippen LogP contribution in [0.25, 0.3) is 6.08 Å². The van der Waals surface area contributed by atoms with Crippen LogP contribution in [0, 0.1) is 11.3 Å². The van der Waals surface area contributed by atoms with Crippen molar-refractivity contribution in [1.29, 1.82) is 5.26 Å². The van der Waals surface area contributed by atoms with E-state index in [0.29, 0.717) is 11.3 Å². The first kappa shape index (κ1) is 22.9. The highest BCUT2D eigenvalue weighted by molar-refractivity contribution is 6.37. The summed E-state index contributed by atoms with van der Waals surface area (Å²) in [5.74, 6) is -1.34. The molecule has 32 heavy (non-hydrogen) atoms. The number of carbonyl (C=O) groups excluding carboxylic acids is 1. The van der Waals surface area contributed by atoms with Gasteiger partial charge in [-0.2, -0.15) is 5.26 Å². The molecule has 0 saturated carbocycles. The monoisotopic (exact) mass is 466 g/mol. The Labute approximate surface area is 194 Å². The first-order valence-corrected chi connectivity index (χ1v) is 10.0. The lowest BCUT2D eigenvalue weighted by Crippen LogP contribution is -2.13. The Morgan fingerprint density at radius 3 is 2.22 bits per heavy atom. The molecule has 0 fully saturated rings. The van der Waals surface area contributed by atoms with E-state index >= 15 is 0 Å². The zero-order chi connectivity index (χ0) is 23.1. The molecule has 0 heterocycles. The van der Waals surface area contributed by atoms with Gasteiger partial charge in [0.25, 0.3) is 5.91 Å². The standard InChI is InChI=1S/C24H16Cl2N2O4/c25-20-11-16(10-18(13-27)23(29)28-19-4-2-1-3-5-19)12-21(26)22(20)32-14-15-6-8-17(9-7-15)24(30)31/h1-12H,14H2,(H,28,29)(H,30,31)/b18-10-. The number of anilines is 1. The van der Waals surface area contributed by atoms with Crippen molar-refractivity contribution < 1.29 is 19.4 Å². The Morgan fingerprint density at radius 2 is 1.66 bits per heavy atom. The summed E-state index contributed by atoms with van der Waals surface area (Å²) in [4.78, 5) is 23.3. The lowest BCUT2D eigenvalue weighted by molar-refractivity contribution is -0.112. The van der Waals surface area contributed by atoms with Gasteiger partial charge in [0.05, 0.1) is 15.6 Å². The molecule has 0 aliphatic carbocycles. The van der Waals surface area contributed by atoms with Crippen LogP contribution in [-0.2, 0) is 11.4 Å². The average molecular weight is 467 g/mol. The number of para-hydroxylation sites is 1. The number of nitrogens with one attached hydrogen (secondary N) is 1. The van der Waals surface area contributed by atoms with Gasteiger partial charge in [0.15, 0.2) is 5.75 Å². The smallest absolute Gasteiger partial charge is 0.335 e. The van der Waals surface area contributed by atoms with Gasteiger partial charge < -0.3 is 15.2 Å². The number of ether oxygens (including phenoxy) is 1. The minimum Gasteiger partial charge on any atom is -0.486 e. The highest BCUT2D eigenvalue weighted by Crippen LogP contribution is 2.35. The molecule has 0 aliphatic rings. The molecular weight excluding hydrogens is 451 g/mol. The number of rotatable bonds is 7. The predicted molar refractivity (Wildman–Crippen MR) is 123 cm³/mol. The van der Waals surface area contributed by atoms with Crippen molar-refractivity contribution in [2.45, 2.75) is 6.61 Å². The molecule has 0 saturated heterocycles. The number of hydrogen-bond donors (Lipinski definition) is 2. The highest BCUT2D eigenvalue weighted by Gasteiger charge is 2.13. The molecule has 1 amide bonds. The second kappa shape index (κ2) is 10.5. The number of halogens is 2. The average Bonchev–Trinajstić information content (AvgIpc) is 2.77. The predicted octanol–water partition coefficient (Wildman–Crippen LogP) is 5.82. The lowest BCUT2D eigenvalue weighted by Gasteiger charge is -2.11. The minimum absolute atomic E-state index is 0.117. The third-order valence-electron chi connectivity index (χ3n) is 4.31. The molecule has 3 aromatic rings. The first-order chi connectivity index (χ1) is 15.4. The highest BCUT2D eigenvalue weighted by atomic mass is 35.5. The van der Waals surface area contributed by atoms with E-state index in [9.17, 15) is 14.9 Å². The molecule has 0 atom stereocenters. The van der Waals surface area contributed by atoms with E-state index in [1.807, 2.05) is 12.1 Å². The number of hydrogen-bond acceptors (Lipinski definition) is 4. The first-order valence-electron chi connectivity index (χ1n) is 9.29. The van der Waals surface area contributed by atoms with Crippen LogP contribution in [0.2, 0.25) is 10.0 Å². The molecule has 0 radical (unpaired) electrons. The molecule has 2 N–H and O–H groups in total. The zero-order valence-electron chi connectivity index (χ0n) is 16.5. The molecule has 3 aromatic carbocycles. The molecule has 6 nitrogen and oxygen atoms in total. The van der Waals surface area contributed by atoms with E-state index < -0.39 is 11.9 Å². The van der Waals surface area contributed by atoms with E-state index in [1.165, 1.54) is 30.3 Å². The number of carbonyl (C=O) groups is 2. The Morgan fingerprint density at radius 1 is 1.03 bits per heavy atom. The van der Waals surface area contributed by atoms with Gasteiger partial charge in [-0.3, -0.25) is 4.79 Å². The van der Waals surface area contributed by atoms with Gasteiger partial charge in [-0.25, -0.2) is 4.79 Å². The molecule has 0 unspecified atom stereocenters. The van der Waals surface area contributed by atoms with Gasteiger partial charge >= 0.3 is 5.97 Å². The second-order valence-corrected chi connectivity index (χ2v) is 7.41. The summed E-state index contributed by atoms with van der Waals surface area (Å²) < 4.78 is 5.69. The summed E-state index contributed by atoms with van der Waals surface area (Å²) in [5, 5.41) is 21.4. The van der Waals surface area contributed by atoms with Crippen LogP contribution in [0.15, 0.2) is 72.3 Å². The molecular formula is C24H16Cl2N2O4. The number of benzene rings is 3.